The number of nitriles is 2. The molecular formula is C32H28ClFN8. The number of aromatic nitrogens is 1. The molecule has 1 aromatic heterocycles. The number of nitrogens with one attached hydrogen (secondary N) is 4. The second-order valence-corrected chi connectivity index (χ2v) is 10.6. The van der Waals surface area contributed by atoms with E-state index in [9.17, 15) is 16.3 Å². The molecule has 0 bridgehead atoms. The molecule has 2 atom stereocenters. The highest BCUT2D eigenvalue weighted by atomic mass is 35.5. The van der Waals surface area contributed by atoms with Gasteiger partial charge in [0, 0.05) is 35.9 Å². The van der Waals surface area contributed by atoms with Gasteiger partial charge in [-0.05, 0) is 54.7 Å². The summed E-state index contributed by atoms with van der Waals surface area (Å²) in [6, 6.07) is 22.0. The molecule has 4 aromatic rings. The zero-order chi connectivity index (χ0) is 30.0. The van der Waals surface area contributed by atoms with Crippen LogP contribution in [0.5, 0.6) is 0 Å². The Hall–Kier alpha value is -4.83. The van der Waals surface area contributed by atoms with Gasteiger partial charge in [-0.1, -0.05) is 54.1 Å². The van der Waals surface area contributed by atoms with Crippen molar-refractivity contribution in [1.29, 1.82) is 10.5 Å². The van der Waals surface area contributed by atoms with E-state index in [0.29, 0.717) is 63.0 Å². The number of halogens is 2. The molecule has 8 nitrogen and oxygen atoms in total. The molecule has 4 N–H and O–H groups in total. The maximum absolute atomic E-state index is 13.9. The van der Waals surface area contributed by atoms with Crippen molar-refractivity contribution in [1.82, 2.24) is 21.0 Å². The summed E-state index contributed by atoms with van der Waals surface area (Å²) in [5.41, 5.74) is 10.1. The van der Waals surface area contributed by atoms with Crippen molar-refractivity contribution in [3.8, 4) is 12.1 Å². The minimum atomic E-state index is -1.56. The summed E-state index contributed by atoms with van der Waals surface area (Å²) < 4.78 is 23.5. The predicted molar refractivity (Wildman–Crippen MR) is 161 cm³/mol. The van der Waals surface area contributed by atoms with E-state index in [1.165, 1.54) is 18.3 Å². The van der Waals surface area contributed by atoms with Crippen molar-refractivity contribution < 1.29 is 5.76 Å². The lowest BCUT2D eigenvalue weighted by atomic mass is 10.00. The summed E-state index contributed by atoms with van der Waals surface area (Å²) in [4.78, 5) is 4.47. The van der Waals surface area contributed by atoms with Crippen LogP contribution in [0.25, 0.3) is 10.9 Å². The monoisotopic (exact) mass is 579 g/mol. The van der Waals surface area contributed by atoms with Crippen molar-refractivity contribution in [3.63, 3.8) is 0 Å². The summed E-state index contributed by atoms with van der Waals surface area (Å²) in [6.45, 7) is 0. The van der Waals surface area contributed by atoms with E-state index in [4.69, 9.17) is 11.6 Å². The molecule has 0 radical (unpaired) electrons. The van der Waals surface area contributed by atoms with Gasteiger partial charge in [0.25, 0.3) is 0 Å². The third-order valence-corrected chi connectivity index (χ3v) is 7.60. The molecule has 1 saturated carbocycles. The van der Waals surface area contributed by atoms with Crippen LogP contribution in [0, 0.1) is 28.5 Å². The molecule has 3 aromatic carbocycles. The number of benzene rings is 3. The highest BCUT2D eigenvalue weighted by Gasteiger charge is 2.32. The van der Waals surface area contributed by atoms with Gasteiger partial charge in [0.1, 0.15) is 11.9 Å². The van der Waals surface area contributed by atoms with Gasteiger partial charge in [-0.2, -0.15) is 10.5 Å². The van der Waals surface area contributed by atoms with Crippen LogP contribution in [0.2, 0.25) is 5.02 Å². The number of hydrogen-bond acceptors (Lipinski definition) is 8. The summed E-state index contributed by atoms with van der Waals surface area (Å²) in [6.07, 6.45) is 6.27. The Bertz CT molecular complexity index is 1770. The highest BCUT2D eigenvalue weighted by molar-refractivity contribution is 6.35. The molecule has 0 saturated heterocycles. The van der Waals surface area contributed by atoms with Crippen molar-refractivity contribution in [2.75, 3.05) is 10.6 Å². The third kappa shape index (κ3) is 5.80. The van der Waals surface area contributed by atoms with E-state index in [-0.39, 0.29) is 6.04 Å². The van der Waals surface area contributed by atoms with Crippen LogP contribution in [-0.4, -0.2) is 16.0 Å². The first-order chi connectivity index (χ1) is 20.9. The fourth-order valence-electron chi connectivity index (χ4n) is 5.02. The van der Waals surface area contributed by atoms with Crippen LogP contribution in [0.3, 0.4) is 0 Å². The van der Waals surface area contributed by atoms with Gasteiger partial charge in [0.2, 0.25) is 0 Å². The standard InChI is InChI=1S/C32H28ClFN8/c33-27-16-24(38-31(21-8-10-23(34)11-9-21)29-19-42(41-40-29)25-12-13-25)15-26-30(22(17-36)18-37-32(26)27)39-28(7-4-14-35)20-5-2-1-3-6-20/h1-3,5-6,8-11,15-16,18-19,25,28,31,38,40-41H,4,7,12-13H2,(H,37,39)/t28-,31?/m1/s1/i31D. The summed E-state index contributed by atoms with van der Waals surface area (Å²) >= 11 is 6.78. The number of hydrazine groups is 2. The Kier molecular flexibility index (Phi) is 7.43. The van der Waals surface area contributed by atoms with Gasteiger partial charge in [0.15, 0.2) is 0 Å². The van der Waals surface area contributed by atoms with Crippen LogP contribution < -0.4 is 21.6 Å². The van der Waals surface area contributed by atoms with Gasteiger partial charge in [0.05, 0.1) is 47.0 Å². The Labute approximate surface area is 249 Å². The first-order valence-electron chi connectivity index (χ1n) is 14.2. The molecule has 0 amide bonds. The second kappa shape index (κ2) is 12.0. The fourth-order valence-corrected chi connectivity index (χ4v) is 5.29. The maximum atomic E-state index is 13.9. The normalized spacial score (nSPS) is 16.8. The molecule has 10 heteroatoms. The molecule has 0 spiro atoms. The van der Waals surface area contributed by atoms with Gasteiger partial charge < -0.3 is 16.1 Å². The van der Waals surface area contributed by atoms with E-state index < -0.39 is 11.8 Å². The van der Waals surface area contributed by atoms with Gasteiger partial charge in [-0.3, -0.25) is 9.99 Å². The number of anilines is 2. The van der Waals surface area contributed by atoms with E-state index >= 15 is 0 Å². The number of nitrogens with zero attached hydrogens (tertiary/aromatic N) is 4. The van der Waals surface area contributed by atoms with Crippen LogP contribution in [0.15, 0.2) is 84.8 Å². The van der Waals surface area contributed by atoms with Crippen LogP contribution in [-0.2, 0) is 0 Å². The molecular weight excluding hydrogens is 551 g/mol. The van der Waals surface area contributed by atoms with E-state index in [1.54, 1.807) is 24.3 Å². The van der Waals surface area contributed by atoms with Crippen molar-refractivity contribution in [2.24, 2.45) is 0 Å². The lowest BCUT2D eigenvalue weighted by Crippen LogP contribution is -2.38. The molecule has 42 heavy (non-hydrogen) atoms. The molecule has 6 rings (SSSR count). The van der Waals surface area contributed by atoms with E-state index in [2.05, 4.69) is 38.7 Å². The molecule has 1 fully saturated rings. The Morgan fingerprint density at radius 3 is 2.60 bits per heavy atom. The third-order valence-electron chi connectivity index (χ3n) is 7.31. The van der Waals surface area contributed by atoms with Crippen LogP contribution in [0.4, 0.5) is 15.8 Å². The fraction of sp³-hybridized carbons (Fsp3) is 0.219. The molecule has 2 aliphatic rings. The van der Waals surface area contributed by atoms with Crippen molar-refractivity contribution in [3.05, 3.63) is 112 Å². The highest BCUT2D eigenvalue weighted by Crippen LogP contribution is 2.38. The first-order valence-corrected chi connectivity index (χ1v) is 14.0. The Balaban J connectivity index is 1.44. The lowest BCUT2D eigenvalue weighted by molar-refractivity contribution is 0.260. The predicted octanol–water partition coefficient (Wildman–Crippen LogP) is 6.84. The quantitative estimate of drug-likeness (QED) is 0.162. The van der Waals surface area contributed by atoms with E-state index in [0.717, 1.165) is 18.4 Å². The second-order valence-electron chi connectivity index (χ2n) is 10.2. The van der Waals surface area contributed by atoms with Crippen molar-refractivity contribution >= 4 is 33.9 Å². The average Bonchev–Trinajstić information content (AvgIpc) is 3.75. The van der Waals surface area contributed by atoms with Gasteiger partial charge in [-0.15, -0.1) is 5.53 Å². The zero-order valence-corrected chi connectivity index (χ0v) is 23.3. The number of fused-ring (bicyclic) bond motifs is 1. The Morgan fingerprint density at radius 2 is 1.88 bits per heavy atom. The molecule has 1 unspecified atom stereocenters. The lowest BCUT2D eigenvalue weighted by Gasteiger charge is -2.24. The molecule has 1 aliphatic carbocycles. The topological polar surface area (TPSA) is 112 Å². The largest absolute Gasteiger partial charge is 0.377 e. The number of pyridine rings is 1. The number of hydrogen-bond donors (Lipinski definition) is 4. The summed E-state index contributed by atoms with van der Waals surface area (Å²) in [7, 11) is 0. The summed E-state index contributed by atoms with van der Waals surface area (Å²) in [5, 5.41) is 29.0. The van der Waals surface area contributed by atoms with E-state index in [1.807, 2.05) is 41.5 Å². The van der Waals surface area contributed by atoms with Gasteiger partial charge >= 0.3 is 0 Å². The minimum Gasteiger partial charge on any atom is -0.377 e. The minimum absolute atomic E-state index is 0.254. The van der Waals surface area contributed by atoms with Gasteiger partial charge in [-0.25, -0.2) is 4.39 Å². The van der Waals surface area contributed by atoms with Crippen LogP contribution in [0.1, 0.15) is 55.8 Å². The smallest absolute Gasteiger partial charge is 0.123 e. The first kappa shape index (κ1) is 26.1. The van der Waals surface area contributed by atoms with Crippen molar-refractivity contribution in [2.45, 2.75) is 43.8 Å². The maximum Gasteiger partial charge on any atom is 0.123 e. The summed E-state index contributed by atoms with van der Waals surface area (Å²) in [5.74, 6) is -0.402. The SMILES string of the molecule is [2H]C(Nc1cc(Cl)c2ncc(C#N)c(N[C@H](CCC#N)c3ccccc3)c2c1)(C1=CN(C2CC2)NN1)c1ccc(F)cc1. The Morgan fingerprint density at radius 1 is 1.10 bits per heavy atom. The molecule has 210 valence electrons. The average molecular weight is 580 g/mol. The molecule has 1 aliphatic heterocycles. The molecule has 2 heterocycles. The van der Waals surface area contributed by atoms with Crippen LogP contribution >= 0.6 is 11.6 Å². The zero-order valence-electron chi connectivity index (χ0n) is 23.5. The number of rotatable bonds is 10.